The van der Waals surface area contributed by atoms with Gasteiger partial charge in [-0.1, -0.05) is 53.2 Å². The molecule has 0 bridgehead atoms. The second-order valence-corrected chi connectivity index (χ2v) is 10.6. The largest absolute Gasteiger partial charge is 0.479 e. The van der Waals surface area contributed by atoms with Gasteiger partial charge in [-0.05, 0) is 82.9 Å². The number of carboxylic acids is 1. The van der Waals surface area contributed by atoms with Gasteiger partial charge in [0.2, 0.25) is 0 Å². The number of nitrogens with zero attached hydrogens (tertiary/aromatic N) is 2. The van der Waals surface area contributed by atoms with Crippen molar-refractivity contribution in [2.24, 2.45) is 0 Å². The number of pyridine rings is 1. The van der Waals surface area contributed by atoms with Gasteiger partial charge < -0.3 is 14.4 Å². The Morgan fingerprint density at radius 2 is 1.43 bits per heavy atom. The van der Waals surface area contributed by atoms with E-state index in [9.17, 15) is 9.90 Å². The number of carbonyl (C=O) groups is 1. The summed E-state index contributed by atoms with van der Waals surface area (Å²) in [6, 6.07) is 15.5. The van der Waals surface area contributed by atoms with Crippen molar-refractivity contribution in [3.63, 3.8) is 0 Å². The van der Waals surface area contributed by atoms with Gasteiger partial charge in [-0.3, -0.25) is 4.98 Å². The highest BCUT2D eigenvalue weighted by molar-refractivity contribution is 6.30. The summed E-state index contributed by atoms with van der Waals surface area (Å²) in [4.78, 5) is 17.4. The molecular formula is C30H31ClN2O4. The number of halogens is 1. The van der Waals surface area contributed by atoms with E-state index in [1.165, 1.54) is 0 Å². The molecule has 4 rings (SSSR count). The number of hydrogen-bond donors (Lipinski definition) is 1. The van der Waals surface area contributed by atoms with Gasteiger partial charge in [0.1, 0.15) is 5.76 Å². The molecule has 6 nitrogen and oxygen atoms in total. The molecule has 0 spiro atoms. The van der Waals surface area contributed by atoms with Crippen molar-refractivity contribution in [2.75, 3.05) is 0 Å². The van der Waals surface area contributed by atoms with Crippen LogP contribution in [0, 0.1) is 27.7 Å². The summed E-state index contributed by atoms with van der Waals surface area (Å²) < 4.78 is 11.4. The van der Waals surface area contributed by atoms with E-state index < -0.39 is 17.7 Å². The lowest BCUT2D eigenvalue weighted by Crippen LogP contribution is -2.28. The summed E-state index contributed by atoms with van der Waals surface area (Å²) in [6.45, 7) is 13.1. The van der Waals surface area contributed by atoms with Gasteiger partial charge in [-0.2, -0.15) is 0 Å². The zero-order chi connectivity index (χ0) is 27.1. The number of aliphatic carboxylic acids is 1. The van der Waals surface area contributed by atoms with E-state index >= 15 is 0 Å². The first-order valence-electron chi connectivity index (χ1n) is 12.1. The van der Waals surface area contributed by atoms with Gasteiger partial charge >= 0.3 is 5.97 Å². The van der Waals surface area contributed by atoms with Gasteiger partial charge in [0, 0.05) is 27.4 Å². The SMILES string of the molecule is Cc1noc(C)c1-c1ccc(-c2nc(C)c([C@H](OC(C)(C)C)C(=O)O)c(-c3ccc(Cl)cc3)c2C)cc1. The quantitative estimate of drug-likeness (QED) is 0.279. The van der Waals surface area contributed by atoms with Gasteiger partial charge in [-0.25, -0.2) is 4.79 Å². The number of ether oxygens (including phenoxy) is 1. The average molecular weight is 519 g/mol. The first kappa shape index (κ1) is 26.6. The molecule has 0 fully saturated rings. The first-order chi connectivity index (χ1) is 17.4. The predicted octanol–water partition coefficient (Wildman–Crippen LogP) is 7.90. The van der Waals surface area contributed by atoms with Crippen LogP contribution in [-0.2, 0) is 9.53 Å². The van der Waals surface area contributed by atoms with E-state index in [1.807, 2.05) is 84.9 Å². The van der Waals surface area contributed by atoms with Crippen molar-refractivity contribution >= 4 is 17.6 Å². The fraction of sp³-hybridized carbons (Fsp3) is 0.300. The molecule has 0 unspecified atom stereocenters. The number of aryl methyl sites for hydroxylation is 3. The Labute approximate surface area is 222 Å². The second-order valence-electron chi connectivity index (χ2n) is 10.2. The average Bonchev–Trinajstić information content (AvgIpc) is 3.16. The van der Waals surface area contributed by atoms with Crippen LogP contribution in [0.3, 0.4) is 0 Å². The molecule has 0 saturated carbocycles. The van der Waals surface area contributed by atoms with E-state index in [2.05, 4.69) is 5.16 Å². The Morgan fingerprint density at radius 3 is 1.95 bits per heavy atom. The monoisotopic (exact) mass is 518 g/mol. The van der Waals surface area contributed by atoms with Crippen LogP contribution < -0.4 is 0 Å². The lowest BCUT2D eigenvalue weighted by atomic mass is 9.88. The van der Waals surface area contributed by atoms with E-state index in [4.69, 9.17) is 25.8 Å². The molecule has 0 amide bonds. The highest BCUT2D eigenvalue weighted by Crippen LogP contribution is 2.41. The minimum absolute atomic E-state index is 0.540. The predicted molar refractivity (Wildman–Crippen MR) is 146 cm³/mol. The van der Waals surface area contributed by atoms with Gasteiger partial charge in [0.05, 0.1) is 17.0 Å². The van der Waals surface area contributed by atoms with Crippen molar-refractivity contribution in [3.05, 3.63) is 81.8 Å². The van der Waals surface area contributed by atoms with Crippen LogP contribution in [0.25, 0.3) is 33.5 Å². The third kappa shape index (κ3) is 5.45. The summed E-state index contributed by atoms with van der Waals surface area (Å²) in [5.74, 6) is -0.297. The third-order valence-corrected chi connectivity index (χ3v) is 6.49. The van der Waals surface area contributed by atoms with Gasteiger partial charge in [0.15, 0.2) is 6.10 Å². The van der Waals surface area contributed by atoms with Crippen molar-refractivity contribution in [3.8, 4) is 33.5 Å². The lowest BCUT2D eigenvalue weighted by Gasteiger charge is -2.29. The Bertz CT molecular complexity index is 1430. The normalized spacial score (nSPS) is 12.5. The standard InChI is InChI=1S/C30H31ClN2O4/c1-16-24(20-12-14-23(31)15-13-20)26(28(29(34)35)36-30(5,6)7)17(2)32-27(16)22-10-8-21(9-11-22)25-18(3)33-37-19(25)4/h8-15,28H,1-7H3,(H,34,35)/t28-/m0/s1. The van der Waals surface area contributed by atoms with Crippen LogP contribution in [0.5, 0.6) is 0 Å². The maximum atomic E-state index is 12.5. The van der Waals surface area contributed by atoms with E-state index in [0.29, 0.717) is 16.3 Å². The van der Waals surface area contributed by atoms with E-state index in [1.54, 1.807) is 12.1 Å². The van der Waals surface area contributed by atoms with Crippen molar-refractivity contribution in [1.82, 2.24) is 10.1 Å². The van der Waals surface area contributed by atoms with Crippen LogP contribution in [0.15, 0.2) is 53.1 Å². The molecule has 0 aliphatic heterocycles. The molecular weight excluding hydrogens is 488 g/mol. The van der Waals surface area contributed by atoms with E-state index in [0.717, 1.165) is 50.5 Å². The Kier molecular flexibility index (Phi) is 7.27. The van der Waals surface area contributed by atoms with Gasteiger partial charge in [-0.15, -0.1) is 0 Å². The highest BCUT2D eigenvalue weighted by Gasteiger charge is 2.32. The molecule has 4 aromatic rings. The number of carboxylic acid groups (broad SMARTS) is 1. The number of benzene rings is 2. The molecule has 37 heavy (non-hydrogen) atoms. The molecule has 0 saturated heterocycles. The summed E-state index contributed by atoms with van der Waals surface area (Å²) in [5.41, 5.74) is 7.47. The summed E-state index contributed by atoms with van der Waals surface area (Å²) in [6.07, 6.45) is -1.19. The van der Waals surface area contributed by atoms with Crippen LogP contribution in [0.2, 0.25) is 5.02 Å². The number of rotatable bonds is 6. The zero-order valence-electron chi connectivity index (χ0n) is 22.1. The topological polar surface area (TPSA) is 85.5 Å². The molecule has 2 aromatic heterocycles. The number of hydrogen-bond acceptors (Lipinski definition) is 5. The number of aromatic nitrogens is 2. The summed E-state index contributed by atoms with van der Waals surface area (Å²) in [5, 5.41) is 14.8. The minimum atomic E-state index is -1.19. The molecule has 192 valence electrons. The second kappa shape index (κ2) is 10.1. The molecule has 2 heterocycles. The Balaban J connectivity index is 1.92. The fourth-order valence-corrected chi connectivity index (χ4v) is 4.81. The molecule has 1 atom stereocenters. The van der Waals surface area contributed by atoms with Crippen LogP contribution in [0.4, 0.5) is 0 Å². The van der Waals surface area contributed by atoms with Crippen LogP contribution >= 0.6 is 11.6 Å². The highest BCUT2D eigenvalue weighted by atomic mass is 35.5. The molecule has 0 radical (unpaired) electrons. The lowest BCUT2D eigenvalue weighted by molar-refractivity contribution is -0.160. The van der Waals surface area contributed by atoms with Crippen molar-refractivity contribution < 1.29 is 19.2 Å². The molecule has 0 aliphatic carbocycles. The first-order valence-corrected chi connectivity index (χ1v) is 12.5. The maximum absolute atomic E-state index is 12.5. The zero-order valence-corrected chi connectivity index (χ0v) is 22.9. The fourth-order valence-electron chi connectivity index (χ4n) is 4.68. The summed E-state index contributed by atoms with van der Waals surface area (Å²) >= 11 is 6.17. The maximum Gasteiger partial charge on any atom is 0.337 e. The van der Waals surface area contributed by atoms with Gasteiger partial charge in [0.25, 0.3) is 0 Å². The summed E-state index contributed by atoms with van der Waals surface area (Å²) in [7, 11) is 0. The molecule has 0 aliphatic rings. The van der Waals surface area contributed by atoms with Crippen LogP contribution in [0.1, 0.15) is 55.2 Å². The van der Waals surface area contributed by atoms with Crippen molar-refractivity contribution in [2.45, 2.75) is 60.2 Å². The van der Waals surface area contributed by atoms with Crippen LogP contribution in [-0.4, -0.2) is 26.8 Å². The Hall–Kier alpha value is -3.48. The van der Waals surface area contributed by atoms with E-state index in [-0.39, 0.29) is 0 Å². The third-order valence-electron chi connectivity index (χ3n) is 6.24. The molecule has 7 heteroatoms. The smallest absolute Gasteiger partial charge is 0.337 e. The Morgan fingerprint density at radius 1 is 0.892 bits per heavy atom. The molecule has 2 aromatic carbocycles. The minimum Gasteiger partial charge on any atom is -0.479 e. The van der Waals surface area contributed by atoms with Crippen molar-refractivity contribution in [1.29, 1.82) is 0 Å². The molecule has 1 N–H and O–H groups in total.